The fourth-order valence-corrected chi connectivity index (χ4v) is 3.73. The van der Waals surface area contributed by atoms with Crippen LogP contribution in [0.4, 0.5) is 0 Å². The summed E-state index contributed by atoms with van der Waals surface area (Å²) >= 11 is 11.6. The lowest BCUT2D eigenvalue weighted by atomic mass is 10.1. The highest BCUT2D eigenvalue weighted by molar-refractivity contribution is 7.88. The number of aliphatic carboxylic acids is 1. The molecule has 5 nitrogen and oxygen atoms in total. The third-order valence-corrected chi connectivity index (χ3v) is 4.40. The van der Waals surface area contributed by atoms with Crippen LogP contribution in [0.3, 0.4) is 0 Å². The van der Waals surface area contributed by atoms with Gasteiger partial charge >= 0.3 is 5.97 Å². The summed E-state index contributed by atoms with van der Waals surface area (Å²) in [6.45, 7) is 3.64. The third-order valence-electron chi connectivity index (χ3n) is 2.61. The molecule has 8 heteroatoms. The van der Waals surface area contributed by atoms with E-state index in [0.29, 0.717) is 15.6 Å². The predicted octanol–water partition coefficient (Wildman–Crippen LogP) is 2.91. The summed E-state index contributed by atoms with van der Waals surface area (Å²) in [7, 11) is -3.81. The van der Waals surface area contributed by atoms with Gasteiger partial charge in [-0.25, -0.2) is 13.1 Å². The van der Waals surface area contributed by atoms with Crippen molar-refractivity contribution in [3.8, 4) is 0 Å². The Hall–Kier alpha value is -0.820. The van der Waals surface area contributed by atoms with Crippen LogP contribution in [0.1, 0.15) is 25.8 Å². The lowest BCUT2D eigenvalue weighted by molar-refractivity contribution is -0.139. The van der Waals surface area contributed by atoms with Crippen LogP contribution in [0.2, 0.25) is 10.0 Å². The number of rotatable bonds is 7. The Kier molecular flexibility index (Phi) is 6.46. The van der Waals surface area contributed by atoms with Gasteiger partial charge < -0.3 is 5.11 Å². The van der Waals surface area contributed by atoms with E-state index in [0.717, 1.165) is 0 Å². The number of sulfonamides is 1. The molecule has 1 aromatic rings. The Bertz CT molecular complexity index is 596. The molecular formula is C13H17Cl2NO4S. The quantitative estimate of drug-likeness (QED) is 0.789. The number of carbonyl (C=O) groups is 1. The van der Waals surface area contributed by atoms with Crippen LogP contribution in [0, 0.1) is 5.92 Å². The van der Waals surface area contributed by atoms with E-state index < -0.39 is 22.0 Å². The monoisotopic (exact) mass is 353 g/mol. The molecule has 21 heavy (non-hydrogen) atoms. The highest BCUT2D eigenvalue weighted by Crippen LogP contribution is 2.20. The van der Waals surface area contributed by atoms with E-state index >= 15 is 0 Å². The minimum Gasteiger partial charge on any atom is -0.480 e. The summed E-state index contributed by atoms with van der Waals surface area (Å²) in [6.07, 6.45) is 0.213. The molecule has 0 unspecified atom stereocenters. The van der Waals surface area contributed by atoms with Crippen molar-refractivity contribution >= 4 is 39.2 Å². The van der Waals surface area contributed by atoms with Gasteiger partial charge in [-0.2, -0.15) is 0 Å². The maximum atomic E-state index is 12.1. The van der Waals surface area contributed by atoms with E-state index in [1.807, 2.05) is 13.8 Å². The average Bonchev–Trinajstić information content (AvgIpc) is 2.24. The molecular weight excluding hydrogens is 337 g/mol. The van der Waals surface area contributed by atoms with Crippen molar-refractivity contribution in [1.82, 2.24) is 4.72 Å². The summed E-state index contributed by atoms with van der Waals surface area (Å²) in [4.78, 5) is 11.1. The Labute approximate surface area is 134 Å². The predicted molar refractivity (Wildman–Crippen MR) is 83.1 cm³/mol. The highest BCUT2D eigenvalue weighted by Gasteiger charge is 2.25. The first-order valence-electron chi connectivity index (χ1n) is 6.27. The second kappa shape index (κ2) is 7.45. The Morgan fingerprint density at radius 3 is 2.19 bits per heavy atom. The highest BCUT2D eigenvalue weighted by atomic mass is 35.5. The second-order valence-electron chi connectivity index (χ2n) is 5.18. The largest absolute Gasteiger partial charge is 0.480 e. The zero-order valence-electron chi connectivity index (χ0n) is 11.6. The van der Waals surface area contributed by atoms with Gasteiger partial charge in [-0.15, -0.1) is 0 Å². The molecule has 0 heterocycles. The number of carboxylic acid groups (broad SMARTS) is 1. The molecule has 2 N–H and O–H groups in total. The number of nitrogens with one attached hydrogen (secondary N) is 1. The molecule has 0 spiro atoms. The van der Waals surface area contributed by atoms with Crippen LogP contribution in [0.15, 0.2) is 18.2 Å². The summed E-state index contributed by atoms with van der Waals surface area (Å²) in [5, 5.41) is 9.72. The first kappa shape index (κ1) is 18.2. The van der Waals surface area contributed by atoms with Crippen molar-refractivity contribution in [2.24, 2.45) is 5.92 Å². The molecule has 0 fully saturated rings. The number of hydrogen-bond donors (Lipinski definition) is 2. The van der Waals surface area contributed by atoms with E-state index in [1.54, 1.807) is 0 Å². The summed E-state index contributed by atoms with van der Waals surface area (Å²) in [5.74, 6) is -1.53. The van der Waals surface area contributed by atoms with Gasteiger partial charge in [0, 0.05) is 10.0 Å². The van der Waals surface area contributed by atoms with Crippen LogP contribution in [-0.2, 0) is 20.6 Å². The lowest BCUT2D eigenvalue weighted by Gasteiger charge is -2.16. The Balaban J connectivity index is 2.87. The second-order valence-corrected chi connectivity index (χ2v) is 7.80. The maximum Gasteiger partial charge on any atom is 0.321 e. The molecule has 0 aliphatic heterocycles. The standard InChI is InChI=1S/C13H17Cl2NO4S/c1-8(2)3-12(13(17)18)16-21(19,20)7-9-4-10(14)6-11(15)5-9/h4-6,8,12,16H,3,7H2,1-2H3,(H,17,18)/t12-/m0/s1. The average molecular weight is 354 g/mol. The first-order valence-corrected chi connectivity index (χ1v) is 8.67. The molecule has 0 aliphatic carbocycles. The molecule has 0 bridgehead atoms. The molecule has 0 saturated carbocycles. The molecule has 0 radical (unpaired) electrons. The van der Waals surface area contributed by atoms with Gasteiger partial charge in [0.05, 0.1) is 5.75 Å². The van der Waals surface area contributed by atoms with Gasteiger partial charge in [-0.3, -0.25) is 4.79 Å². The van der Waals surface area contributed by atoms with Crippen molar-refractivity contribution in [3.05, 3.63) is 33.8 Å². The van der Waals surface area contributed by atoms with Gasteiger partial charge in [0.15, 0.2) is 0 Å². The molecule has 1 atom stereocenters. The van der Waals surface area contributed by atoms with E-state index in [9.17, 15) is 13.2 Å². The molecule has 0 amide bonds. The normalized spacial score (nSPS) is 13.4. The van der Waals surface area contributed by atoms with E-state index in [4.69, 9.17) is 28.3 Å². The molecule has 0 aromatic heterocycles. The van der Waals surface area contributed by atoms with Gasteiger partial charge in [0.25, 0.3) is 0 Å². The van der Waals surface area contributed by atoms with Crippen molar-refractivity contribution in [2.45, 2.75) is 32.1 Å². The van der Waals surface area contributed by atoms with Crippen LogP contribution in [0.5, 0.6) is 0 Å². The number of halogens is 2. The fraction of sp³-hybridized carbons (Fsp3) is 0.462. The molecule has 118 valence electrons. The van der Waals surface area contributed by atoms with Gasteiger partial charge in [0.1, 0.15) is 6.04 Å². The fourth-order valence-electron chi connectivity index (χ4n) is 1.84. The Morgan fingerprint density at radius 2 is 1.76 bits per heavy atom. The first-order chi connectivity index (χ1) is 9.59. The molecule has 1 aromatic carbocycles. The van der Waals surface area contributed by atoms with Gasteiger partial charge in [-0.05, 0) is 36.1 Å². The minimum absolute atomic E-state index is 0.0504. The SMILES string of the molecule is CC(C)C[C@H](NS(=O)(=O)Cc1cc(Cl)cc(Cl)c1)C(=O)O. The number of carboxylic acids is 1. The van der Waals surface area contributed by atoms with Gasteiger partial charge in [0.2, 0.25) is 10.0 Å². The maximum absolute atomic E-state index is 12.1. The Morgan fingerprint density at radius 1 is 1.24 bits per heavy atom. The van der Waals surface area contributed by atoms with Crippen molar-refractivity contribution in [3.63, 3.8) is 0 Å². The van der Waals surface area contributed by atoms with E-state index in [2.05, 4.69) is 4.72 Å². The summed E-state index contributed by atoms with van der Waals surface area (Å²) in [5.41, 5.74) is 0.397. The van der Waals surface area contributed by atoms with Crippen molar-refractivity contribution in [1.29, 1.82) is 0 Å². The van der Waals surface area contributed by atoms with Crippen LogP contribution < -0.4 is 4.72 Å². The lowest BCUT2D eigenvalue weighted by Crippen LogP contribution is -2.42. The van der Waals surface area contributed by atoms with E-state index in [-0.39, 0.29) is 18.1 Å². The number of hydrogen-bond acceptors (Lipinski definition) is 3. The van der Waals surface area contributed by atoms with E-state index in [1.165, 1.54) is 18.2 Å². The van der Waals surface area contributed by atoms with Crippen LogP contribution >= 0.6 is 23.2 Å². The van der Waals surface area contributed by atoms with Crippen molar-refractivity contribution in [2.75, 3.05) is 0 Å². The topological polar surface area (TPSA) is 83.5 Å². The number of benzene rings is 1. The summed E-state index contributed by atoms with van der Waals surface area (Å²) in [6, 6.07) is 3.30. The van der Waals surface area contributed by atoms with Gasteiger partial charge in [-0.1, -0.05) is 37.0 Å². The minimum atomic E-state index is -3.81. The zero-order chi connectivity index (χ0) is 16.2. The van der Waals surface area contributed by atoms with Crippen LogP contribution in [-0.4, -0.2) is 25.5 Å². The third kappa shape index (κ3) is 6.65. The summed E-state index contributed by atoms with van der Waals surface area (Å²) < 4.78 is 26.3. The molecule has 0 saturated heterocycles. The molecule has 1 rings (SSSR count). The van der Waals surface area contributed by atoms with Crippen molar-refractivity contribution < 1.29 is 18.3 Å². The smallest absolute Gasteiger partial charge is 0.321 e. The van der Waals surface area contributed by atoms with Crippen LogP contribution in [0.25, 0.3) is 0 Å². The zero-order valence-corrected chi connectivity index (χ0v) is 14.0. The molecule has 0 aliphatic rings.